The van der Waals surface area contributed by atoms with Gasteiger partial charge in [-0.15, -0.1) is 0 Å². The van der Waals surface area contributed by atoms with Crippen molar-refractivity contribution in [2.24, 2.45) is 11.8 Å². The summed E-state index contributed by atoms with van der Waals surface area (Å²) < 4.78 is 5.78. The predicted molar refractivity (Wildman–Crippen MR) is 163 cm³/mol. The number of pyridine rings is 1. The minimum Gasteiger partial charge on any atom is -0.457 e. The van der Waals surface area contributed by atoms with Crippen LogP contribution >= 0.6 is 0 Å². The zero-order valence-electron chi connectivity index (χ0n) is 25.3. The van der Waals surface area contributed by atoms with Crippen LogP contribution in [0.1, 0.15) is 71.7 Å². The largest absolute Gasteiger partial charge is 0.457 e. The van der Waals surface area contributed by atoms with Gasteiger partial charge in [-0.2, -0.15) is 0 Å². The van der Waals surface area contributed by atoms with E-state index in [2.05, 4.69) is 27.6 Å². The van der Waals surface area contributed by atoms with Crippen molar-refractivity contribution in [1.82, 2.24) is 26.1 Å². The maximum absolute atomic E-state index is 13.2. The van der Waals surface area contributed by atoms with Crippen LogP contribution in [0.25, 0.3) is 16.8 Å². The van der Waals surface area contributed by atoms with Crippen molar-refractivity contribution in [2.45, 2.75) is 78.6 Å². The van der Waals surface area contributed by atoms with Crippen LogP contribution in [-0.2, 0) is 23.9 Å². The summed E-state index contributed by atoms with van der Waals surface area (Å²) >= 11 is 0. The average molecular weight is 578 g/mol. The highest BCUT2D eigenvalue weighted by Crippen LogP contribution is 2.24. The Morgan fingerprint density at radius 2 is 1.81 bits per heavy atom. The van der Waals surface area contributed by atoms with Gasteiger partial charge in [0.15, 0.2) is 0 Å². The van der Waals surface area contributed by atoms with Crippen LogP contribution in [0.2, 0.25) is 0 Å². The molecule has 3 N–H and O–H groups in total. The van der Waals surface area contributed by atoms with Gasteiger partial charge >= 0.3 is 5.97 Å². The molecule has 0 saturated carbocycles. The number of fused-ring (bicyclic) bond motifs is 1. The first-order valence-electron chi connectivity index (χ1n) is 14.5. The van der Waals surface area contributed by atoms with Gasteiger partial charge in [-0.3, -0.25) is 29.2 Å². The molecule has 42 heavy (non-hydrogen) atoms. The number of rotatable bonds is 11. The second kappa shape index (κ2) is 14.7. The van der Waals surface area contributed by atoms with Crippen LogP contribution in [-0.4, -0.2) is 58.4 Å². The van der Waals surface area contributed by atoms with E-state index >= 15 is 0 Å². The monoisotopic (exact) mass is 577 g/mol. The number of hydrogen-bond acceptors (Lipinski definition) is 7. The molecule has 1 aliphatic rings. The summed E-state index contributed by atoms with van der Waals surface area (Å²) in [6, 6.07) is 5.34. The van der Waals surface area contributed by atoms with Gasteiger partial charge in [0.2, 0.25) is 11.8 Å². The molecule has 1 fully saturated rings. The van der Waals surface area contributed by atoms with E-state index in [4.69, 9.17) is 4.74 Å². The summed E-state index contributed by atoms with van der Waals surface area (Å²) in [6.45, 7) is 14.8. The Morgan fingerprint density at radius 1 is 1.07 bits per heavy atom. The van der Waals surface area contributed by atoms with Crippen LogP contribution in [0.4, 0.5) is 0 Å². The first-order valence-corrected chi connectivity index (χ1v) is 14.5. The van der Waals surface area contributed by atoms with Gasteiger partial charge in [-0.1, -0.05) is 51.6 Å². The van der Waals surface area contributed by atoms with E-state index in [1.165, 1.54) is 5.01 Å². The lowest BCUT2D eigenvalue weighted by Gasteiger charge is -2.35. The first-order chi connectivity index (χ1) is 19.9. The van der Waals surface area contributed by atoms with E-state index in [0.717, 1.165) is 22.0 Å². The van der Waals surface area contributed by atoms with Crippen LogP contribution in [0.5, 0.6) is 0 Å². The van der Waals surface area contributed by atoms with Crippen molar-refractivity contribution in [3.05, 3.63) is 60.5 Å². The van der Waals surface area contributed by atoms with Gasteiger partial charge in [0.05, 0.1) is 11.6 Å². The maximum atomic E-state index is 13.2. The second-order valence-electron chi connectivity index (χ2n) is 11.1. The van der Waals surface area contributed by atoms with Crippen LogP contribution in [0.3, 0.4) is 0 Å². The molecule has 0 aliphatic carbocycles. The predicted octanol–water partition coefficient (Wildman–Crippen LogP) is 3.84. The van der Waals surface area contributed by atoms with Gasteiger partial charge in [-0.25, -0.2) is 5.43 Å². The maximum Gasteiger partial charge on any atom is 0.325 e. The topological polar surface area (TPSA) is 130 Å². The third-order valence-corrected chi connectivity index (χ3v) is 7.35. The molecule has 3 amide bonds. The zero-order valence-corrected chi connectivity index (χ0v) is 25.3. The van der Waals surface area contributed by atoms with Crippen molar-refractivity contribution < 1.29 is 23.9 Å². The van der Waals surface area contributed by atoms with E-state index < -0.39 is 36.1 Å². The Balaban J connectivity index is 1.59. The quantitative estimate of drug-likeness (QED) is 0.273. The highest BCUT2D eigenvalue weighted by atomic mass is 16.5. The summed E-state index contributed by atoms with van der Waals surface area (Å²) in [6.07, 6.45) is 7.58. The zero-order chi connectivity index (χ0) is 31.0. The molecule has 1 aromatic heterocycles. The number of hydrogen-bond donors (Lipinski definition) is 3. The average Bonchev–Trinajstić information content (AvgIpc) is 2.98. The van der Waals surface area contributed by atoms with Crippen LogP contribution < -0.4 is 16.1 Å². The molecule has 2 unspecified atom stereocenters. The summed E-state index contributed by atoms with van der Waals surface area (Å²) in [7, 11) is 0. The highest BCUT2D eigenvalue weighted by molar-refractivity contribution is 5.93. The molecular weight excluding hydrogens is 534 g/mol. The Kier molecular flexibility index (Phi) is 11.4. The van der Waals surface area contributed by atoms with Gasteiger partial charge in [0.25, 0.3) is 5.91 Å². The molecule has 0 spiro atoms. The number of aromatic nitrogens is 1. The van der Waals surface area contributed by atoms with Crippen molar-refractivity contribution in [2.75, 3.05) is 6.54 Å². The molecule has 2 heterocycles. The number of nitrogens with zero attached hydrogens (tertiary/aromatic N) is 2. The molecule has 226 valence electrons. The first kappa shape index (κ1) is 32.5. The summed E-state index contributed by atoms with van der Waals surface area (Å²) in [5.74, 6) is -2.13. The smallest absolute Gasteiger partial charge is 0.325 e. The third-order valence-electron chi connectivity index (χ3n) is 7.35. The number of carbonyl (C=O) groups is 4. The summed E-state index contributed by atoms with van der Waals surface area (Å²) in [5, 5.41) is 8.81. The van der Waals surface area contributed by atoms with Crippen molar-refractivity contribution in [1.29, 1.82) is 0 Å². The fraction of sp³-hybridized carbons (Fsp3) is 0.469. The molecule has 5 atom stereocenters. The van der Waals surface area contributed by atoms with E-state index in [0.29, 0.717) is 19.4 Å². The second-order valence-corrected chi connectivity index (χ2v) is 11.1. The Morgan fingerprint density at radius 3 is 2.48 bits per heavy atom. The third kappa shape index (κ3) is 8.25. The Hall–Kier alpha value is -4.05. The van der Waals surface area contributed by atoms with E-state index in [1.807, 2.05) is 45.0 Å². The minimum absolute atomic E-state index is 0.188. The molecule has 0 radical (unpaired) electrons. The molecule has 1 aromatic carbocycles. The fourth-order valence-electron chi connectivity index (χ4n) is 4.77. The molecular formula is C32H43N5O5. The van der Waals surface area contributed by atoms with E-state index in [-0.39, 0.29) is 23.7 Å². The Labute approximate surface area is 247 Å². The summed E-state index contributed by atoms with van der Waals surface area (Å²) in [4.78, 5) is 56.1. The number of nitrogens with one attached hydrogen (secondary N) is 3. The van der Waals surface area contributed by atoms with E-state index in [9.17, 15) is 19.2 Å². The van der Waals surface area contributed by atoms with Gasteiger partial charge in [-0.05, 0) is 68.7 Å². The standard InChI is InChI=1S/C32H43N5O5/c1-8-11-20(5)29(38)35-28(19(3)4)30(39)34-21(6)31(40)37-15-10-12-27(36-37)32(41)42-22(7)23-13-14-24-18-33-26(9-2)17-25(24)16-23/h8-9,11,13-14,16-22,27-28,36H,2,10,12,15H2,1,3-7H3,(H,34,39)(H,35,38)/b11-8+/t20?,21-,22+,27-,28?/m0/s1. The van der Waals surface area contributed by atoms with Crippen LogP contribution in [0.15, 0.2) is 49.2 Å². The Bertz CT molecular complexity index is 1340. The number of allylic oxidation sites excluding steroid dienone is 1. The minimum atomic E-state index is -0.877. The number of carbonyl (C=O) groups excluding carboxylic acids is 4. The highest BCUT2D eigenvalue weighted by Gasteiger charge is 2.34. The molecule has 2 aromatic rings. The van der Waals surface area contributed by atoms with Gasteiger partial charge in [0, 0.05) is 18.1 Å². The number of ether oxygens (including phenoxy) is 1. The van der Waals surface area contributed by atoms with Crippen molar-refractivity contribution >= 4 is 40.5 Å². The molecule has 3 rings (SSSR count). The lowest BCUT2D eigenvalue weighted by Crippen LogP contribution is -2.61. The fourth-order valence-corrected chi connectivity index (χ4v) is 4.77. The lowest BCUT2D eigenvalue weighted by molar-refractivity contribution is -0.157. The number of esters is 1. The number of hydrazine groups is 1. The molecule has 1 saturated heterocycles. The van der Waals surface area contributed by atoms with Gasteiger partial charge in [0.1, 0.15) is 24.2 Å². The van der Waals surface area contributed by atoms with E-state index in [1.54, 1.807) is 45.2 Å². The molecule has 10 heteroatoms. The molecule has 0 bridgehead atoms. The normalized spacial score (nSPS) is 18.3. The molecule has 1 aliphatic heterocycles. The van der Waals surface area contributed by atoms with Crippen LogP contribution in [0, 0.1) is 11.8 Å². The lowest BCUT2D eigenvalue weighted by atomic mass is 10.0. The summed E-state index contributed by atoms with van der Waals surface area (Å²) in [5.41, 5.74) is 4.58. The molecule has 10 nitrogen and oxygen atoms in total. The van der Waals surface area contributed by atoms with Crippen molar-refractivity contribution in [3.63, 3.8) is 0 Å². The number of benzene rings is 1. The van der Waals surface area contributed by atoms with Gasteiger partial charge < -0.3 is 15.4 Å². The SMILES string of the molecule is C=Cc1cc2cc([C@@H](C)OC(=O)[C@@H]3CCCN(C(=O)[C@H](C)NC(=O)C(NC(=O)C(C)/C=C/C)C(C)C)N3)ccc2cn1. The van der Waals surface area contributed by atoms with Crippen molar-refractivity contribution in [3.8, 4) is 0 Å². The number of amides is 3.